The van der Waals surface area contributed by atoms with Gasteiger partial charge in [0.2, 0.25) is 11.2 Å². The van der Waals surface area contributed by atoms with E-state index in [9.17, 15) is 14.4 Å². The molecule has 4 rings (SSSR count). The summed E-state index contributed by atoms with van der Waals surface area (Å²) in [6.45, 7) is 1.77. The SMILES string of the molecule is CCOC(=O)c1oc2cc(OC(=O)c3ccccc3)ccc2c(=O)c1-c1ccc(OC)cc1. The second-order valence-corrected chi connectivity index (χ2v) is 7.00. The zero-order chi connectivity index (χ0) is 23.4. The fourth-order valence-corrected chi connectivity index (χ4v) is 3.34. The van der Waals surface area contributed by atoms with E-state index in [0.29, 0.717) is 16.9 Å². The Hall–Kier alpha value is -4.39. The number of methoxy groups -OCH3 is 1. The molecule has 0 saturated heterocycles. The number of carbonyl (C=O) groups is 2. The van der Waals surface area contributed by atoms with E-state index in [4.69, 9.17) is 18.6 Å². The molecule has 0 spiro atoms. The Balaban J connectivity index is 1.81. The fraction of sp³-hybridized carbons (Fsp3) is 0.115. The first-order chi connectivity index (χ1) is 16.0. The first-order valence-electron chi connectivity index (χ1n) is 10.2. The highest BCUT2D eigenvalue weighted by Gasteiger charge is 2.23. The van der Waals surface area contributed by atoms with Gasteiger partial charge in [0.25, 0.3) is 0 Å². The van der Waals surface area contributed by atoms with Gasteiger partial charge < -0.3 is 18.6 Å². The maximum Gasteiger partial charge on any atom is 0.375 e. The van der Waals surface area contributed by atoms with Crippen LogP contribution in [0.25, 0.3) is 22.1 Å². The second kappa shape index (κ2) is 9.40. The Morgan fingerprint density at radius 3 is 2.24 bits per heavy atom. The monoisotopic (exact) mass is 444 g/mol. The number of hydrogen-bond acceptors (Lipinski definition) is 7. The lowest BCUT2D eigenvalue weighted by Crippen LogP contribution is -2.15. The van der Waals surface area contributed by atoms with Crippen molar-refractivity contribution in [2.75, 3.05) is 13.7 Å². The number of carbonyl (C=O) groups excluding carboxylic acids is 2. The highest BCUT2D eigenvalue weighted by atomic mass is 16.5. The maximum absolute atomic E-state index is 13.4. The first kappa shape index (κ1) is 21.8. The largest absolute Gasteiger partial charge is 0.497 e. The Morgan fingerprint density at radius 1 is 0.879 bits per heavy atom. The van der Waals surface area contributed by atoms with Crippen LogP contribution in [-0.4, -0.2) is 25.7 Å². The van der Waals surface area contributed by atoms with Crippen molar-refractivity contribution in [2.45, 2.75) is 6.92 Å². The van der Waals surface area contributed by atoms with Gasteiger partial charge in [0.1, 0.15) is 17.1 Å². The van der Waals surface area contributed by atoms with Crippen LogP contribution in [0.1, 0.15) is 27.8 Å². The zero-order valence-corrected chi connectivity index (χ0v) is 18.0. The van der Waals surface area contributed by atoms with E-state index < -0.39 is 17.4 Å². The highest BCUT2D eigenvalue weighted by Crippen LogP contribution is 2.29. The highest BCUT2D eigenvalue weighted by molar-refractivity contribution is 5.98. The summed E-state index contributed by atoms with van der Waals surface area (Å²) in [5.41, 5.74) is 0.622. The molecular formula is C26H20O7. The molecular weight excluding hydrogens is 424 g/mol. The van der Waals surface area contributed by atoms with Crippen molar-refractivity contribution in [3.8, 4) is 22.6 Å². The molecule has 4 aromatic rings. The molecule has 0 atom stereocenters. The number of esters is 2. The van der Waals surface area contributed by atoms with Gasteiger partial charge >= 0.3 is 11.9 Å². The van der Waals surface area contributed by atoms with Gasteiger partial charge in [-0.1, -0.05) is 30.3 Å². The normalized spacial score (nSPS) is 10.6. The quantitative estimate of drug-likeness (QED) is 0.310. The summed E-state index contributed by atoms with van der Waals surface area (Å²) >= 11 is 0. The lowest BCUT2D eigenvalue weighted by molar-refractivity contribution is 0.0491. The minimum Gasteiger partial charge on any atom is -0.497 e. The molecule has 0 unspecified atom stereocenters. The summed E-state index contributed by atoms with van der Waals surface area (Å²) in [5, 5.41) is 0.230. The van der Waals surface area contributed by atoms with E-state index in [1.54, 1.807) is 61.5 Å². The third-order valence-corrected chi connectivity index (χ3v) is 4.92. The van der Waals surface area contributed by atoms with Gasteiger partial charge in [0, 0.05) is 6.07 Å². The average Bonchev–Trinajstić information content (AvgIpc) is 2.84. The van der Waals surface area contributed by atoms with Crippen molar-refractivity contribution in [3.05, 3.63) is 94.3 Å². The van der Waals surface area contributed by atoms with E-state index >= 15 is 0 Å². The lowest BCUT2D eigenvalue weighted by Gasteiger charge is -2.11. The molecule has 1 aromatic heterocycles. The van der Waals surface area contributed by atoms with Gasteiger partial charge in [0.05, 0.1) is 30.2 Å². The number of hydrogen-bond donors (Lipinski definition) is 0. The molecule has 7 heteroatoms. The van der Waals surface area contributed by atoms with E-state index in [0.717, 1.165) is 0 Å². The van der Waals surface area contributed by atoms with Gasteiger partial charge in [-0.05, 0) is 48.9 Å². The van der Waals surface area contributed by atoms with Crippen LogP contribution >= 0.6 is 0 Å². The molecule has 0 aliphatic rings. The van der Waals surface area contributed by atoms with Gasteiger partial charge in [0.15, 0.2) is 0 Å². The Kier molecular flexibility index (Phi) is 6.22. The van der Waals surface area contributed by atoms with Crippen LogP contribution in [0.4, 0.5) is 0 Å². The van der Waals surface area contributed by atoms with Gasteiger partial charge in [-0.25, -0.2) is 9.59 Å². The van der Waals surface area contributed by atoms with E-state index in [-0.39, 0.29) is 34.6 Å². The second-order valence-electron chi connectivity index (χ2n) is 7.00. The number of rotatable bonds is 6. The molecule has 0 N–H and O–H groups in total. The Morgan fingerprint density at radius 2 is 1.58 bits per heavy atom. The number of fused-ring (bicyclic) bond motifs is 1. The van der Waals surface area contributed by atoms with Crippen molar-refractivity contribution in [3.63, 3.8) is 0 Å². The molecule has 33 heavy (non-hydrogen) atoms. The lowest BCUT2D eigenvalue weighted by atomic mass is 10.0. The standard InChI is InChI=1S/C26H20O7/c1-3-31-26(29)24-22(16-9-11-18(30-2)12-10-16)23(27)20-14-13-19(15-21(20)33-24)32-25(28)17-7-5-4-6-8-17/h4-15H,3H2,1-2H3. The number of benzene rings is 3. The number of ether oxygens (including phenoxy) is 3. The van der Waals surface area contributed by atoms with Crippen LogP contribution in [0.2, 0.25) is 0 Å². The Bertz CT molecular complexity index is 1370. The zero-order valence-electron chi connectivity index (χ0n) is 18.0. The predicted octanol–water partition coefficient (Wildman–Crippen LogP) is 4.86. The molecule has 166 valence electrons. The van der Waals surface area contributed by atoms with Crippen molar-refractivity contribution < 1.29 is 28.2 Å². The van der Waals surface area contributed by atoms with Crippen LogP contribution in [0.5, 0.6) is 11.5 Å². The van der Waals surface area contributed by atoms with Crippen LogP contribution in [-0.2, 0) is 4.74 Å². The molecule has 3 aromatic carbocycles. The first-order valence-corrected chi connectivity index (χ1v) is 10.2. The third kappa shape index (κ3) is 4.48. The van der Waals surface area contributed by atoms with Gasteiger partial charge in [-0.15, -0.1) is 0 Å². The molecule has 7 nitrogen and oxygen atoms in total. The molecule has 0 saturated carbocycles. The van der Waals surface area contributed by atoms with Crippen molar-refractivity contribution >= 4 is 22.9 Å². The summed E-state index contributed by atoms with van der Waals surface area (Å²) < 4.78 is 21.5. The van der Waals surface area contributed by atoms with Gasteiger partial charge in [-0.3, -0.25) is 4.79 Å². The van der Waals surface area contributed by atoms with E-state index in [1.807, 2.05) is 0 Å². The third-order valence-electron chi connectivity index (χ3n) is 4.92. The smallest absolute Gasteiger partial charge is 0.375 e. The molecule has 0 fully saturated rings. The van der Waals surface area contributed by atoms with Crippen molar-refractivity contribution in [2.24, 2.45) is 0 Å². The topological polar surface area (TPSA) is 92.0 Å². The average molecular weight is 444 g/mol. The maximum atomic E-state index is 13.4. The van der Waals surface area contributed by atoms with Crippen LogP contribution in [0.15, 0.2) is 82.0 Å². The minimum atomic E-state index is -0.769. The molecule has 1 heterocycles. The molecule has 0 aliphatic heterocycles. The molecule has 0 amide bonds. The van der Waals surface area contributed by atoms with Crippen molar-refractivity contribution in [1.82, 2.24) is 0 Å². The summed E-state index contributed by atoms with van der Waals surface area (Å²) in [6.07, 6.45) is 0. The Labute approximate surface area is 189 Å². The molecule has 0 aliphatic carbocycles. The van der Waals surface area contributed by atoms with Crippen molar-refractivity contribution in [1.29, 1.82) is 0 Å². The van der Waals surface area contributed by atoms with Gasteiger partial charge in [-0.2, -0.15) is 0 Å². The van der Waals surface area contributed by atoms with E-state index in [1.165, 1.54) is 25.3 Å². The summed E-state index contributed by atoms with van der Waals surface area (Å²) in [7, 11) is 1.53. The molecule has 0 radical (unpaired) electrons. The predicted molar refractivity (Wildman–Crippen MR) is 122 cm³/mol. The van der Waals surface area contributed by atoms with Crippen LogP contribution < -0.4 is 14.9 Å². The summed E-state index contributed by atoms with van der Waals surface area (Å²) in [4.78, 5) is 38.4. The van der Waals surface area contributed by atoms with E-state index in [2.05, 4.69) is 0 Å². The summed E-state index contributed by atoms with van der Waals surface area (Å²) in [5.74, 6) is -0.782. The fourth-order valence-electron chi connectivity index (χ4n) is 3.34. The molecule has 0 bridgehead atoms. The minimum absolute atomic E-state index is 0.0811. The van der Waals surface area contributed by atoms with Crippen LogP contribution in [0, 0.1) is 0 Å². The van der Waals surface area contributed by atoms with Crippen LogP contribution in [0.3, 0.4) is 0 Å². The summed E-state index contributed by atoms with van der Waals surface area (Å²) in [6, 6.07) is 19.6.